The standard InChI is InChI=1S/C10H18O/c1-4-7-5-6-8-10(2,3)9(7)11-8/h7-9H,4-6H2,1-3H3. The summed E-state index contributed by atoms with van der Waals surface area (Å²) in [5.41, 5.74) is 0.485. The van der Waals surface area contributed by atoms with Gasteiger partial charge in [-0.3, -0.25) is 0 Å². The van der Waals surface area contributed by atoms with Crippen molar-refractivity contribution in [1.82, 2.24) is 0 Å². The number of ether oxygens (including phenoxy) is 1. The second kappa shape index (κ2) is 2.22. The van der Waals surface area contributed by atoms with Crippen LogP contribution in [-0.2, 0) is 4.74 Å². The number of fused-ring (bicyclic) bond motifs is 2. The van der Waals surface area contributed by atoms with Gasteiger partial charge in [-0.25, -0.2) is 0 Å². The van der Waals surface area contributed by atoms with Crippen LogP contribution in [0, 0.1) is 11.3 Å². The van der Waals surface area contributed by atoms with E-state index in [1.165, 1.54) is 19.3 Å². The molecule has 3 rings (SSSR count). The van der Waals surface area contributed by atoms with Gasteiger partial charge in [0.2, 0.25) is 0 Å². The summed E-state index contributed by atoms with van der Waals surface area (Å²) in [5.74, 6) is 0.843. The molecule has 11 heavy (non-hydrogen) atoms. The van der Waals surface area contributed by atoms with Crippen LogP contribution in [0.25, 0.3) is 0 Å². The zero-order chi connectivity index (χ0) is 8.06. The highest BCUT2D eigenvalue weighted by Crippen LogP contribution is 2.52. The van der Waals surface area contributed by atoms with Gasteiger partial charge >= 0.3 is 0 Å². The van der Waals surface area contributed by atoms with E-state index in [1.54, 1.807) is 0 Å². The molecule has 1 saturated carbocycles. The fourth-order valence-electron chi connectivity index (χ4n) is 2.73. The highest BCUT2D eigenvalue weighted by atomic mass is 16.5. The van der Waals surface area contributed by atoms with Gasteiger partial charge in [-0.15, -0.1) is 0 Å². The highest BCUT2D eigenvalue weighted by molar-refractivity contribution is 5.03. The van der Waals surface area contributed by atoms with Crippen LogP contribution < -0.4 is 0 Å². The molecule has 1 nitrogen and oxygen atoms in total. The minimum Gasteiger partial charge on any atom is -0.373 e. The van der Waals surface area contributed by atoms with Crippen molar-refractivity contribution < 1.29 is 4.74 Å². The Bertz CT molecular complexity index is 160. The summed E-state index contributed by atoms with van der Waals surface area (Å²) in [6.45, 7) is 6.99. The monoisotopic (exact) mass is 154 g/mol. The van der Waals surface area contributed by atoms with E-state index >= 15 is 0 Å². The largest absolute Gasteiger partial charge is 0.373 e. The number of hydrogen-bond donors (Lipinski definition) is 0. The molecule has 2 bridgehead atoms. The number of hydrogen-bond acceptors (Lipinski definition) is 1. The van der Waals surface area contributed by atoms with E-state index in [1.807, 2.05) is 0 Å². The van der Waals surface area contributed by atoms with Crippen molar-refractivity contribution in [3.8, 4) is 0 Å². The lowest BCUT2D eigenvalue weighted by Gasteiger charge is -2.59. The molecule has 1 aliphatic carbocycles. The molecular formula is C10H18O. The first-order valence-corrected chi connectivity index (χ1v) is 4.81. The van der Waals surface area contributed by atoms with Gasteiger partial charge in [-0.2, -0.15) is 0 Å². The van der Waals surface area contributed by atoms with Crippen molar-refractivity contribution in [2.75, 3.05) is 0 Å². The fourth-order valence-corrected chi connectivity index (χ4v) is 2.73. The summed E-state index contributed by atoms with van der Waals surface area (Å²) < 4.78 is 5.79. The second-order valence-electron chi connectivity index (χ2n) is 4.61. The molecular weight excluding hydrogens is 136 g/mol. The molecule has 3 atom stereocenters. The fraction of sp³-hybridized carbons (Fsp3) is 1.00. The molecule has 2 aliphatic heterocycles. The van der Waals surface area contributed by atoms with Crippen LogP contribution in [0.4, 0.5) is 0 Å². The first-order chi connectivity index (χ1) is 5.16. The smallest absolute Gasteiger partial charge is 0.0682 e. The van der Waals surface area contributed by atoms with Crippen molar-refractivity contribution >= 4 is 0 Å². The maximum absolute atomic E-state index is 5.79. The van der Waals surface area contributed by atoms with E-state index in [2.05, 4.69) is 20.8 Å². The topological polar surface area (TPSA) is 9.23 Å². The van der Waals surface area contributed by atoms with Gasteiger partial charge in [0.15, 0.2) is 0 Å². The molecule has 3 unspecified atom stereocenters. The third kappa shape index (κ3) is 0.868. The lowest BCUT2D eigenvalue weighted by Crippen LogP contribution is -2.62. The maximum Gasteiger partial charge on any atom is 0.0682 e. The number of rotatable bonds is 1. The van der Waals surface area contributed by atoms with Gasteiger partial charge in [0.25, 0.3) is 0 Å². The van der Waals surface area contributed by atoms with Crippen LogP contribution in [0.3, 0.4) is 0 Å². The maximum atomic E-state index is 5.79. The molecule has 0 aromatic heterocycles. The molecule has 0 N–H and O–H groups in total. The van der Waals surface area contributed by atoms with E-state index < -0.39 is 0 Å². The summed E-state index contributed by atoms with van der Waals surface area (Å²) in [6.07, 6.45) is 5.14. The normalized spacial score (nSPS) is 46.6. The SMILES string of the molecule is CCC1CCC2OC1C2(C)C. The molecule has 64 valence electrons. The van der Waals surface area contributed by atoms with E-state index in [9.17, 15) is 0 Å². The summed E-state index contributed by atoms with van der Waals surface area (Å²) in [5, 5.41) is 0. The Morgan fingerprint density at radius 1 is 1.36 bits per heavy atom. The Morgan fingerprint density at radius 3 is 2.45 bits per heavy atom. The molecule has 0 aromatic carbocycles. The molecule has 0 radical (unpaired) electrons. The van der Waals surface area contributed by atoms with E-state index in [-0.39, 0.29) is 0 Å². The molecule has 2 heterocycles. The molecule has 0 aromatic rings. The van der Waals surface area contributed by atoms with Gasteiger partial charge < -0.3 is 4.74 Å². The van der Waals surface area contributed by atoms with E-state index in [4.69, 9.17) is 4.74 Å². The molecule has 3 aliphatic rings. The van der Waals surface area contributed by atoms with Crippen molar-refractivity contribution in [3.05, 3.63) is 0 Å². The summed E-state index contributed by atoms with van der Waals surface area (Å²) >= 11 is 0. The zero-order valence-electron chi connectivity index (χ0n) is 7.76. The van der Waals surface area contributed by atoms with Gasteiger partial charge in [0, 0.05) is 5.41 Å². The lowest BCUT2D eigenvalue weighted by atomic mass is 9.62. The van der Waals surface area contributed by atoms with Crippen molar-refractivity contribution in [2.45, 2.75) is 52.2 Å². The second-order valence-corrected chi connectivity index (χ2v) is 4.61. The van der Waals surface area contributed by atoms with Crippen molar-refractivity contribution in [3.63, 3.8) is 0 Å². The Balaban J connectivity index is 2.10. The van der Waals surface area contributed by atoms with Crippen LogP contribution in [-0.4, -0.2) is 12.2 Å². The van der Waals surface area contributed by atoms with Crippen LogP contribution in [0.2, 0.25) is 0 Å². The molecule has 0 amide bonds. The Labute approximate surface area is 69.1 Å². The minimum absolute atomic E-state index is 0.485. The first-order valence-electron chi connectivity index (χ1n) is 4.81. The Morgan fingerprint density at radius 2 is 2.09 bits per heavy atom. The Kier molecular flexibility index (Phi) is 1.54. The third-order valence-corrected chi connectivity index (χ3v) is 3.63. The van der Waals surface area contributed by atoms with Gasteiger partial charge in [0.1, 0.15) is 0 Å². The van der Waals surface area contributed by atoms with Crippen molar-refractivity contribution in [2.24, 2.45) is 11.3 Å². The van der Waals surface area contributed by atoms with E-state index in [0.717, 1.165) is 5.92 Å². The Hall–Kier alpha value is -0.0400. The lowest BCUT2D eigenvalue weighted by molar-refractivity contribution is -0.283. The predicted molar refractivity (Wildman–Crippen MR) is 45.5 cm³/mol. The average molecular weight is 154 g/mol. The van der Waals surface area contributed by atoms with Gasteiger partial charge in [-0.05, 0) is 18.8 Å². The zero-order valence-corrected chi connectivity index (χ0v) is 7.76. The van der Waals surface area contributed by atoms with Crippen LogP contribution in [0.5, 0.6) is 0 Å². The van der Waals surface area contributed by atoms with Gasteiger partial charge in [0.05, 0.1) is 12.2 Å². The minimum atomic E-state index is 0.485. The first kappa shape index (κ1) is 7.60. The summed E-state index contributed by atoms with van der Waals surface area (Å²) in [7, 11) is 0. The quantitative estimate of drug-likeness (QED) is 0.564. The third-order valence-electron chi connectivity index (χ3n) is 3.63. The molecule has 0 spiro atoms. The molecule has 2 saturated heterocycles. The van der Waals surface area contributed by atoms with Crippen LogP contribution >= 0.6 is 0 Å². The van der Waals surface area contributed by atoms with Gasteiger partial charge in [-0.1, -0.05) is 27.2 Å². The summed E-state index contributed by atoms with van der Waals surface area (Å²) in [4.78, 5) is 0. The summed E-state index contributed by atoms with van der Waals surface area (Å²) in [6, 6.07) is 0. The predicted octanol–water partition coefficient (Wildman–Crippen LogP) is 2.60. The highest BCUT2D eigenvalue weighted by Gasteiger charge is 2.55. The van der Waals surface area contributed by atoms with Crippen LogP contribution in [0.1, 0.15) is 40.0 Å². The van der Waals surface area contributed by atoms with Crippen molar-refractivity contribution in [1.29, 1.82) is 0 Å². The van der Waals surface area contributed by atoms with E-state index in [0.29, 0.717) is 17.6 Å². The average Bonchev–Trinajstić information content (AvgIpc) is 2.04. The van der Waals surface area contributed by atoms with Crippen LogP contribution in [0.15, 0.2) is 0 Å². The molecule has 1 heteroatoms. The molecule has 3 fully saturated rings.